The zero-order valence-electron chi connectivity index (χ0n) is 20.4. The molecule has 0 aliphatic carbocycles. The van der Waals surface area contributed by atoms with E-state index >= 15 is 0 Å². The largest absolute Gasteiger partial charge is 0.206 e. The summed E-state index contributed by atoms with van der Waals surface area (Å²) in [5, 5.41) is 13.5. The predicted octanol–water partition coefficient (Wildman–Crippen LogP) is 4.26. The number of pyridine rings is 1. The number of nitrogens with two attached hydrogens (primary N) is 1. The van der Waals surface area contributed by atoms with E-state index in [1.165, 1.54) is 19.9 Å². The van der Waals surface area contributed by atoms with Gasteiger partial charge in [0.2, 0.25) is 0 Å². The van der Waals surface area contributed by atoms with Crippen LogP contribution in [0.15, 0.2) is 36.4 Å². The molecule has 1 saturated heterocycles. The van der Waals surface area contributed by atoms with Crippen molar-refractivity contribution in [2.24, 2.45) is 5.73 Å². The Morgan fingerprint density at radius 2 is 1.86 bits per heavy atom. The summed E-state index contributed by atoms with van der Waals surface area (Å²) in [5.41, 5.74) is 4.86. The minimum atomic E-state index is -2.06. The number of nitrogens with one attached hydrogen (secondary N) is 1. The molecule has 7 nitrogen and oxygen atoms in total. The molecule has 1 aliphatic heterocycles. The summed E-state index contributed by atoms with van der Waals surface area (Å²) in [5.74, 6) is -1.96. The number of nitrogens with zero attached hydrogens (tertiary/aromatic N) is 2. The zero-order valence-corrected chi connectivity index (χ0v) is 22.3. The van der Waals surface area contributed by atoms with Gasteiger partial charge in [-0.15, -0.1) is 0 Å². The first-order valence-electron chi connectivity index (χ1n) is 11.7. The number of benzene rings is 1. The molecule has 0 saturated carbocycles. The first-order chi connectivity index (χ1) is 16.8. The first kappa shape index (κ1) is 26.6. The summed E-state index contributed by atoms with van der Waals surface area (Å²) >= 11 is 0.991. The van der Waals surface area contributed by atoms with Crippen LogP contribution in [0.4, 0.5) is 19.6 Å². The van der Waals surface area contributed by atoms with Gasteiger partial charge < -0.3 is 5.11 Å². The van der Waals surface area contributed by atoms with Gasteiger partial charge in [-0.2, -0.15) is 0 Å². The molecule has 0 unspecified atom stereocenters. The molecule has 0 radical (unpaired) electrons. The molecule has 3 heterocycles. The van der Waals surface area contributed by atoms with Crippen LogP contribution in [0.3, 0.4) is 0 Å². The summed E-state index contributed by atoms with van der Waals surface area (Å²) in [6.45, 7) is 7.14. The molecule has 194 valence electrons. The number of hydrogen-bond acceptors (Lipinski definition) is 7. The van der Waals surface area contributed by atoms with Crippen LogP contribution in [0.5, 0.6) is 0 Å². The van der Waals surface area contributed by atoms with Gasteiger partial charge in [-0.3, -0.25) is 0 Å². The average molecular weight is 537 g/mol. The molecule has 1 fully saturated rings. The standard InChI is InChI=1S/C25H31F2N4O3PS/c1-25(2,33)15-11-18(26)22(19(27)12-15)20-13-17(23(28)32)24(36-20)30-21-6-4-5-16(29-21)14-31-7-9-35(3,34)10-8-31/h4-6,11-13,33-35H,7-10,14H2,1-3H3,(H2,28,32)(H,29,30). The second-order valence-corrected chi connectivity index (χ2v) is 15.0. The van der Waals surface area contributed by atoms with Gasteiger partial charge in [-0.25, -0.2) is 8.78 Å². The number of thiophene rings is 1. The maximum Gasteiger partial charge on any atom is 0.135 e. The number of aliphatic hydroxyl groups is 1. The van der Waals surface area contributed by atoms with Crippen molar-refractivity contribution in [1.29, 1.82) is 0 Å². The molecule has 0 bridgehead atoms. The van der Waals surface area contributed by atoms with E-state index in [9.17, 15) is 23.6 Å². The molecule has 2 aromatic heterocycles. The molecular formula is C25H31F2N4O3PS. The van der Waals surface area contributed by atoms with Gasteiger partial charge in [0, 0.05) is 0 Å². The van der Waals surface area contributed by atoms with Crippen molar-refractivity contribution in [2.75, 3.05) is 37.4 Å². The van der Waals surface area contributed by atoms with Crippen molar-refractivity contribution in [3.63, 3.8) is 0 Å². The molecule has 1 amide bonds. The number of halogens is 2. The molecule has 1 aliphatic rings. The van der Waals surface area contributed by atoms with Crippen molar-refractivity contribution in [2.45, 2.75) is 26.0 Å². The second-order valence-electron chi connectivity index (χ2n) is 10.0. The van der Waals surface area contributed by atoms with Crippen LogP contribution in [0, 0.1) is 11.6 Å². The van der Waals surface area contributed by atoms with Crippen LogP contribution >= 0.6 is 18.8 Å². The fourth-order valence-corrected chi connectivity index (χ4v) is 7.09. The van der Waals surface area contributed by atoms with Gasteiger partial charge in [0.1, 0.15) is 11.6 Å². The number of carbonyl (C=O) groups is 1. The van der Waals surface area contributed by atoms with Crippen LogP contribution in [-0.4, -0.2) is 57.9 Å². The molecule has 3 aromatic rings. The molecule has 11 heteroatoms. The van der Waals surface area contributed by atoms with E-state index in [4.69, 9.17) is 5.73 Å². The third kappa shape index (κ3) is 6.07. The number of amides is 1. The molecule has 0 spiro atoms. The summed E-state index contributed by atoms with van der Waals surface area (Å²) in [6, 6.07) is 9.01. The zero-order chi connectivity index (χ0) is 26.3. The fourth-order valence-electron chi connectivity index (χ4n) is 4.13. The van der Waals surface area contributed by atoms with E-state index < -0.39 is 30.6 Å². The van der Waals surface area contributed by atoms with Crippen LogP contribution in [0.2, 0.25) is 0 Å². The summed E-state index contributed by atoms with van der Waals surface area (Å²) in [7, 11) is -2.06. The molecule has 1 aromatic carbocycles. The van der Waals surface area contributed by atoms with Crippen molar-refractivity contribution in [3.8, 4) is 10.4 Å². The van der Waals surface area contributed by atoms with Crippen molar-refractivity contribution in [1.82, 2.24) is 9.88 Å². The van der Waals surface area contributed by atoms with Crippen LogP contribution in [0.1, 0.15) is 35.5 Å². The quantitative estimate of drug-likeness (QED) is 0.336. The van der Waals surface area contributed by atoms with E-state index in [0.717, 1.165) is 54.6 Å². The van der Waals surface area contributed by atoms with E-state index in [1.54, 1.807) is 6.07 Å². The van der Waals surface area contributed by atoms with Crippen LogP contribution < -0.4 is 11.1 Å². The smallest absolute Gasteiger partial charge is 0.135 e. The molecule has 0 atom stereocenters. The van der Waals surface area contributed by atoms with E-state index in [-0.39, 0.29) is 21.6 Å². The second kappa shape index (κ2) is 10.1. The Hall–Kier alpha value is -2.49. The Balaban J connectivity index is 1.59. The molecular weight excluding hydrogens is 505 g/mol. The molecule has 4 rings (SSSR count). The summed E-state index contributed by atoms with van der Waals surface area (Å²) in [4.78, 5) is 29.5. The number of anilines is 2. The van der Waals surface area contributed by atoms with Crippen LogP contribution in [-0.2, 0) is 12.1 Å². The van der Waals surface area contributed by atoms with Gasteiger partial charge in [0.05, 0.1) is 5.60 Å². The first-order valence-corrected chi connectivity index (χ1v) is 15.3. The van der Waals surface area contributed by atoms with Crippen LogP contribution in [0.25, 0.3) is 10.4 Å². The molecule has 5 N–H and O–H groups in total. The minimum Gasteiger partial charge on any atom is -0.206 e. The normalized spacial score (nSPS) is 17.1. The number of carbonyl (C=O) groups excluding carboxylic acids is 1. The number of primary amides is 1. The number of rotatable bonds is 7. The Labute approximate surface area is 213 Å². The van der Waals surface area contributed by atoms with Crippen molar-refractivity contribution >= 4 is 35.6 Å². The van der Waals surface area contributed by atoms with E-state index in [0.29, 0.717) is 17.4 Å². The maximum atomic E-state index is 14.9. The molecule has 36 heavy (non-hydrogen) atoms. The van der Waals surface area contributed by atoms with Gasteiger partial charge >= 0.3 is 151 Å². The van der Waals surface area contributed by atoms with Gasteiger partial charge in [-0.05, 0) is 31.5 Å². The summed E-state index contributed by atoms with van der Waals surface area (Å²) in [6.07, 6.45) is 1.66. The third-order valence-corrected chi connectivity index (χ3v) is 10.0. The van der Waals surface area contributed by atoms with Crippen molar-refractivity contribution < 1.29 is 23.6 Å². The summed E-state index contributed by atoms with van der Waals surface area (Å²) < 4.78 is 29.8. The van der Waals surface area contributed by atoms with Gasteiger partial charge in [0.15, 0.2) is 0 Å². The third-order valence-electron chi connectivity index (χ3n) is 6.36. The Kier molecular flexibility index (Phi) is 7.46. The minimum absolute atomic E-state index is 0.0933. The maximum absolute atomic E-state index is 14.9. The average Bonchev–Trinajstić information content (AvgIpc) is 3.18. The Morgan fingerprint density at radius 1 is 1.22 bits per heavy atom. The topological polar surface area (TPSA) is 112 Å². The Morgan fingerprint density at radius 3 is 2.44 bits per heavy atom. The van der Waals surface area contributed by atoms with Gasteiger partial charge in [0.25, 0.3) is 0 Å². The van der Waals surface area contributed by atoms with E-state index in [2.05, 4.69) is 15.2 Å². The van der Waals surface area contributed by atoms with Crippen molar-refractivity contribution in [3.05, 3.63) is 64.9 Å². The number of aromatic nitrogens is 1. The number of hydrogen-bond donors (Lipinski definition) is 4. The SMILES string of the molecule is CC(C)(O)c1cc(F)c(-c2cc(C(N)=O)c(Nc3cccc(CN4CC[PH](C)(O)CC4)n3)s2)c(F)c1. The Bertz CT molecular complexity index is 1260. The van der Waals surface area contributed by atoms with E-state index in [1.807, 2.05) is 18.8 Å². The fraction of sp³-hybridized carbons (Fsp3) is 0.360. The predicted molar refractivity (Wildman–Crippen MR) is 142 cm³/mol. The monoisotopic (exact) mass is 536 g/mol. The van der Waals surface area contributed by atoms with Gasteiger partial charge in [-0.1, -0.05) is 0 Å².